The molecule has 134 valence electrons. The Bertz CT molecular complexity index is 892. The first-order valence-corrected chi connectivity index (χ1v) is 8.25. The largest absolute Gasteiger partial charge is 0.493 e. The van der Waals surface area contributed by atoms with E-state index in [4.69, 9.17) is 9.47 Å². The van der Waals surface area contributed by atoms with Crippen molar-refractivity contribution in [1.29, 1.82) is 0 Å². The Morgan fingerprint density at radius 3 is 2.08 bits per heavy atom. The maximum atomic E-state index is 5.33. The molecule has 2 aromatic carbocycles. The van der Waals surface area contributed by atoms with Gasteiger partial charge in [0.15, 0.2) is 11.5 Å². The molecule has 0 aliphatic carbocycles. The molecule has 26 heavy (non-hydrogen) atoms. The van der Waals surface area contributed by atoms with Crippen LogP contribution in [-0.4, -0.2) is 24.2 Å². The minimum atomic E-state index is 0.653. The highest BCUT2D eigenvalue weighted by atomic mass is 16.5. The maximum absolute atomic E-state index is 5.33. The van der Waals surface area contributed by atoms with Crippen molar-refractivity contribution in [2.45, 2.75) is 13.8 Å². The first-order valence-electron chi connectivity index (χ1n) is 8.25. The highest BCUT2D eigenvalue weighted by molar-refractivity contribution is 5.68. The SMILES string of the molecule is COc1ccc(Nc2cc(Nc3c(C)cccc3C)ncn2)cc1OC. The normalized spacial score (nSPS) is 10.3. The number of para-hydroxylation sites is 1. The fourth-order valence-electron chi connectivity index (χ4n) is 2.70. The predicted molar refractivity (Wildman–Crippen MR) is 104 cm³/mol. The number of benzene rings is 2. The van der Waals surface area contributed by atoms with Crippen molar-refractivity contribution in [2.24, 2.45) is 0 Å². The fourth-order valence-corrected chi connectivity index (χ4v) is 2.70. The van der Waals surface area contributed by atoms with Crippen LogP contribution in [0.1, 0.15) is 11.1 Å². The molecule has 3 aromatic rings. The number of aryl methyl sites for hydroxylation is 2. The molecule has 0 amide bonds. The van der Waals surface area contributed by atoms with Gasteiger partial charge in [-0.05, 0) is 37.1 Å². The monoisotopic (exact) mass is 350 g/mol. The van der Waals surface area contributed by atoms with E-state index in [2.05, 4.69) is 46.6 Å². The van der Waals surface area contributed by atoms with E-state index in [1.54, 1.807) is 14.2 Å². The Kier molecular flexibility index (Phi) is 5.22. The first-order chi connectivity index (χ1) is 12.6. The second kappa shape index (κ2) is 7.74. The van der Waals surface area contributed by atoms with E-state index >= 15 is 0 Å². The summed E-state index contributed by atoms with van der Waals surface area (Å²) in [6, 6.07) is 13.7. The van der Waals surface area contributed by atoms with Crippen LogP contribution in [-0.2, 0) is 0 Å². The van der Waals surface area contributed by atoms with Gasteiger partial charge in [0.25, 0.3) is 0 Å². The van der Waals surface area contributed by atoms with Gasteiger partial charge in [0.1, 0.15) is 18.0 Å². The smallest absolute Gasteiger partial charge is 0.162 e. The van der Waals surface area contributed by atoms with Crippen molar-refractivity contribution in [3.8, 4) is 11.5 Å². The zero-order valence-electron chi connectivity index (χ0n) is 15.3. The highest BCUT2D eigenvalue weighted by Crippen LogP contribution is 2.31. The fraction of sp³-hybridized carbons (Fsp3) is 0.200. The van der Waals surface area contributed by atoms with Gasteiger partial charge in [0, 0.05) is 23.5 Å². The van der Waals surface area contributed by atoms with Crippen LogP contribution in [0.5, 0.6) is 11.5 Å². The lowest BCUT2D eigenvalue weighted by Gasteiger charge is -2.13. The summed E-state index contributed by atoms with van der Waals surface area (Å²) in [5, 5.41) is 6.63. The van der Waals surface area contributed by atoms with Gasteiger partial charge in [0.05, 0.1) is 14.2 Å². The molecule has 6 heteroatoms. The van der Waals surface area contributed by atoms with Gasteiger partial charge in [-0.15, -0.1) is 0 Å². The van der Waals surface area contributed by atoms with Crippen LogP contribution >= 0.6 is 0 Å². The molecule has 0 radical (unpaired) electrons. The molecule has 0 aliphatic heterocycles. The molecule has 0 saturated heterocycles. The van der Waals surface area contributed by atoms with Crippen molar-refractivity contribution in [3.05, 3.63) is 59.9 Å². The van der Waals surface area contributed by atoms with Gasteiger partial charge in [-0.25, -0.2) is 9.97 Å². The van der Waals surface area contributed by atoms with Gasteiger partial charge in [-0.3, -0.25) is 0 Å². The molecular weight excluding hydrogens is 328 g/mol. The lowest BCUT2D eigenvalue weighted by atomic mass is 10.1. The van der Waals surface area contributed by atoms with Crippen molar-refractivity contribution < 1.29 is 9.47 Å². The third-order valence-corrected chi connectivity index (χ3v) is 4.06. The Morgan fingerprint density at radius 2 is 1.42 bits per heavy atom. The number of ether oxygens (including phenoxy) is 2. The molecule has 0 bridgehead atoms. The lowest BCUT2D eigenvalue weighted by Crippen LogP contribution is -2.01. The Balaban J connectivity index is 1.82. The van der Waals surface area contributed by atoms with Crippen LogP contribution in [0.3, 0.4) is 0 Å². The third kappa shape index (κ3) is 3.85. The van der Waals surface area contributed by atoms with E-state index in [-0.39, 0.29) is 0 Å². The van der Waals surface area contributed by atoms with Crippen molar-refractivity contribution >= 4 is 23.0 Å². The van der Waals surface area contributed by atoms with Gasteiger partial charge in [0.2, 0.25) is 0 Å². The summed E-state index contributed by atoms with van der Waals surface area (Å²) in [6.07, 6.45) is 1.53. The molecule has 0 aliphatic rings. The average molecular weight is 350 g/mol. The summed E-state index contributed by atoms with van der Waals surface area (Å²) < 4.78 is 10.6. The van der Waals surface area contributed by atoms with Crippen LogP contribution in [0, 0.1) is 13.8 Å². The summed E-state index contributed by atoms with van der Waals surface area (Å²) in [5.41, 5.74) is 4.23. The number of anilines is 4. The molecule has 0 saturated carbocycles. The van der Waals surface area contributed by atoms with Gasteiger partial charge >= 0.3 is 0 Å². The minimum absolute atomic E-state index is 0.653. The zero-order chi connectivity index (χ0) is 18.5. The second-order valence-corrected chi connectivity index (χ2v) is 5.88. The Hall–Kier alpha value is -3.28. The summed E-state index contributed by atoms with van der Waals surface area (Å²) in [5.74, 6) is 2.74. The Morgan fingerprint density at radius 1 is 0.769 bits per heavy atom. The third-order valence-electron chi connectivity index (χ3n) is 4.06. The number of nitrogens with zero attached hydrogens (tertiary/aromatic N) is 2. The molecular formula is C20H22N4O2. The van der Waals surface area contributed by atoms with Crippen LogP contribution < -0.4 is 20.1 Å². The zero-order valence-corrected chi connectivity index (χ0v) is 15.3. The molecule has 0 spiro atoms. The van der Waals surface area contributed by atoms with E-state index in [0.29, 0.717) is 17.3 Å². The lowest BCUT2D eigenvalue weighted by molar-refractivity contribution is 0.355. The second-order valence-electron chi connectivity index (χ2n) is 5.88. The summed E-state index contributed by atoms with van der Waals surface area (Å²) in [4.78, 5) is 8.60. The maximum Gasteiger partial charge on any atom is 0.162 e. The summed E-state index contributed by atoms with van der Waals surface area (Å²) in [7, 11) is 3.22. The number of hydrogen-bond donors (Lipinski definition) is 2. The predicted octanol–water partition coefficient (Wildman–Crippen LogP) is 4.60. The number of rotatable bonds is 6. The summed E-state index contributed by atoms with van der Waals surface area (Å²) in [6.45, 7) is 4.14. The number of nitrogens with one attached hydrogen (secondary N) is 2. The van der Waals surface area contributed by atoms with Gasteiger partial charge in [-0.2, -0.15) is 0 Å². The molecule has 0 atom stereocenters. The molecule has 2 N–H and O–H groups in total. The quantitative estimate of drug-likeness (QED) is 0.677. The number of hydrogen-bond acceptors (Lipinski definition) is 6. The molecule has 1 aromatic heterocycles. The van der Waals surface area contributed by atoms with E-state index in [1.807, 2.05) is 30.3 Å². The molecule has 6 nitrogen and oxygen atoms in total. The van der Waals surface area contributed by atoms with Crippen LogP contribution in [0.2, 0.25) is 0 Å². The van der Waals surface area contributed by atoms with Crippen molar-refractivity contribution in [2.75, 3.05) is 24.9 Å². The van der Waals surface area contributed by atoms with Crippen LogP contribution in [0.4, 0.5) is 23.0 Å². The van der Waals surface area contributed by atoms with Crippen molar-refractivity contribution in [1.82, 2.24) is 9.97 Å². The van der Waals surface area contributed by atoms with Gasteiger partial charge < -0.3 is 20.1 Å². The number of aromatic nitrogens is 2. The minimum Gasteiger partial charge on any atom is -0.493 e. The highest BCUT2D eigenvalue weighted by Gasteiger charge is 2.07. The van der Waals surface area contributed by atoms with E-state index in [0.717, 1.165) is 28.3 Å². The number of methoxy groups -OCH3 is 2. The first kappa shape index (κ1) is 17.5. The average Bonchev–Trinajstić information content (AvgIpc) is 2.65. The van der Waals surface area contributed by atoms with Gasteiger partial charge in [-0.1, -0.05) is 18.2 Å². The van der Waals surface area contributed by atoms with E-state index in [1.165, 1.54) is 6.33 Å². The van der Waals surface area contributed by atoms with Crippen LogP contribution in [0.15, 0.2) is 48.8 Å². The molecule has 3 rings (SSSR count). The standard InChI is InChI=1S/C20H22N4O2/c1-13-6-5-7-14(2)20(13)24-19-11-18(21-12-22-19)23-15-8-9-16(25-3)17(10-15)26-4/h5-12H,1-4H3,(H2,21,22,23,24). The summed E-state index contributed by atoms with van der Waals surface area (Å²) >= 11 is 0. The Labute approximate surface area is 153 Å². The molecule has 0 fully saturated rings. The van der Waals surface area contributed by atoms with E-state index in [9.17, 15) is 0 Å². The molecule has 0 unspecified atom stereocenters. The molecule has 1 heterocycles. The van der Waals surface area contributed by atoms with Crippen LogP contribution in [0.25, 0.3) is 0 Å². The topological polar surface area (TPSA) is 68.3 Å². The van der Waals surface area contributed by atoms with Crippen molar-refractivity contribution in [3.63, 3.8) is 0 Å². The van der Waals surface area contributed by atoms with E-state index < -0.39 is 0 Å².